The number of halogens is 1. The van der Waals surface area contributed by atoms with Gasteiger partial charge in [0, 0.05) is 6.20 Å². The Morgan fingerprint density at radius 1 is 1.19 bits per heavy atom. The van der Waals surface area contributed by atoms with Crippen LogP contribution in [0, 0.1) is 0 Å². The molecular formula is C12H14ClN3. The van der Waals surface area contributed by atoms with Gasteiger partial charge in [-0.15, -0.1) is 0 Å². The summed E-state index contributed by atoms with van der Waals surface area (Å²) >= 11 is 6.15. The zero-order chi connectivity index (χ0) is 11.0. The highest BCUT2D eigenvalue weighted by atomic mass is 35.5. The second-order valence-corrected chi connectivity index (χ2v) is 4.83. The molecule has 2 heterocycles. The van der Waals surface area contributed by atoms with E-state index < -0.39 is 0 Å². The first-order valence-electron chi connectivity index (χ1n) is 5.84. The van der Waals surface area contributed by atoms with Crippen LogP contribution in [0.2, 0.25) is 5.15 Å². The minimum absolute atomic E-state index is 0.576. The van der Waals surface area contributed by atoms with Gasteiger partial charge in [0.2, 0.25) is 0 Å². The van der Waals surface area contributed by atoms with Gasteiger partial charge in [-0.3, -0.25) is 0 Å². The molecule has 1 aliphatic rings. The summed E-state index contributed by atoms with van der Waals surface area (Å²) in [6.07, 6.45) is 10.1. The van der Waals surface area contributed by atoms with Crippen LogP contribution in [0.5, 0.6) is 0 Å². The maximum absolute atomic E-state index is 6.15. The van der Waals surface area contributed by atoms with E-state index in [-0.39, 0.29) is 0 Å². The molecule has 0 amide bonds. The smallest absolute Gasteiger partial charge is 0.142 e. The SMILES string of the molecule is Clc1ncnc2[nH]cc(C3CCCCC3)c12. The van der Waals surface area contributed by atoms with Crippen molar-refractivity contribution in [3.05, 3.63) is 23.2 Å². The zero-order valence-corrected chi connectivity index (χ0v) is 9.80. The summed E-state index contributed by atoms with van der Waals surface area (Å²) < 4.78 is 0. The molecule has 0 radical (unpaired) electrons. The number of H-pyrrole nitrogens is 1. The number of hydrogen-bond acceptors (Lipinski definition) is 2. The van der Waals surface area contributed by atoms with E-state index in [0.717, 1.165) is 11.0 Å². The van der Waals surface area contributed by atoms with Crippen molar-refractivity contribution in [1.82, 2.24) is 15.0 Å². The minimum atomic E-state index is 0.576. The Morgan fingerprint density at radius 3 is 2.81 bits per heavy atom. The fourth-order valence-corrected chi connectivity index (χ4v) is 2.93. The van der Waals surface area contributed by atoms with Crippen molar-refractivity contribution < 1.29 is 0 Å². The summed E-state index contributed by atoms with van der Waals surface area (Å²) in [7, 11) is 0. The van der Waals surface area contributed by atoms with Gasteiger partial charge in [-0.1, -0.05) is 30.9 Å². The summed E-state index contributed by atoms with van der Waals surface area (Å²) in [5.41, 5.74) is 2.17. The number of fused-ring (bicyclic) bond motifs is 1. The monoisotopic (exact) mass is 235 g/mol. The Labute approximate surface area is 99.2 Å². The fraction of sp³-hybridized carbons (Fsp3) is 0.500. The highest BCUT2D eigenvalue weighted by Gasteiger charge is 2.20. The number of aromatic amines is 1. The molecule has 0 spiro atoms. The molecule has 0 saturated heterocycles. The Morgan fingerprint density at radius 2 is 2.00 bits per heavy atom. The third-order valence-electron chi connectivity index (χ3n) is 3.50. The van der Waals surface area contributed by atoms with Gasteiger partial charge < -0.3 is 4.98 Å². The molecule has 3 nitrogen and oxygen atoms in total. The van der Waals surface area contributed by atoms with Crippen LogP contribution >= 0.6 is 11.6 Å². The Kier molecular flexibility index (Phi) is 2.56. The van der Waals surface area contributed by atoms with Crippen LogP contribution < -0.4 is 0 Å². The number of rotatable bonds is 1. The van der Waals surface area contributed by atoms with E-state index in [2.05, 4.69) is 21.1 Å². The van der Waals surface area contributed by atoms with Crippen LogP contribution in [-0.2, 0) is 0 Å². The van der Waals surface area contributed by atoms with Gasteiger partial charge in [-0.25, -0.2) is 9.97 Å². The van der Waals surface area contributed by atoms with Crippen LogP contribution in [0.4, 0.5) is 0 Å². The van der Waals surface area contributed by atoms with Gasteiger partial charge in [0.15, 0.2) is 0 Å². The third kappa shape index (κ3) is 1.59. The lowest BCUT2D eigenvalue weighted by atomic mass is 9.84. The first-order chi connectivity index (χ1) is 7.86. The van der Waals surface area contributed by atoms with E-state index in [4.69, 9.17) is 11.6 Å². The maximum Gasteiger partial charge on any atom is 0.142 e. The summed E-state index contributed by atoms with van der Waals surface area (Å²) in [6, 6.07) is 0. The molecule has 16 heavy (non-hydrogen) atoms. The zero-order valence-electron chi connectivity index (χ0n) is 9.04. The lowest BCUT2D eigenvalue weighted by Crippen LogP contribution is -2.03. The minimum Gasteiger partial charge on any atom is -0.346 e. The van der Waals surface area contributed by atoms with Crippen molar-refractivity contribution in [2.24, 2.45) is 0 Å². The van der Waals surface area contributed by atoms with Crippen molar-refractivity contribution in [3.63, 3.8) is 0 Å². The molecule has 0 atom stereocenters. The van der Waals surface area contributed by atoms with Crippen molar-refractivity contribution in [3.8, 4) is 0 Å². The van der Waals surface area contributed by atoms with Gasteiger partial charge >= 0.3 is 0 Å². The fourth-order valence-electron chi connectivity index (χ4n) is 2.68. The molecule has 84 valence electrons. The van der Waals surface area contributed by atoms with E-state index in [1.807, 2.05) is 0 Å². The first-order valence-corrected chi connectivity index (χ1v) is 6.21. The molecule has 2 aromatic rings. The van der Waals surface area contributed by atoms with Gasteiger partial charge in [0.25, 0.3) is 0 Å². The van der Waals surface area contributed by atoms with E-state index in [1.165, 1.54) is 44.0 Å². The van der Waals surface area contributed by atoms with Crippen LogP contribution in [0.15, 0.2) is 12.5 Å². The second kappa shape index (κ2) is 4.06. The summed E-state index contributed by atoms with van der Waals surface area (Å²) in [4.78, 5) is 11.5. The van der Waals surface area contributed by atoms with Crippen molar-refractivity contribution in [2.45, 2.75) is 38.0 Å². The number of nitrogens with zero attached hydrogens (tertiary/aromatic N) is 2. The first kappa shape index (κ1) is 10.1. The molecule has 0 unspecified atom stereocenters. The van der Waals surface area contributed by atoms with E-state index in [9.17, 15) is 0 Å². The van der Waals surface area contributed by atoms with Crippen molar-refractivity contribution >= 4 is 22.6 Å². The largest absolute Gasteiger partial charge is 0.346 e. The Hall–Kier alpha value is -1.09. The topological polar surface area (TPSA) is 41.6 Å². The normalized spacial score (nSPS) is 18.1. The lowest BCUT2D eigenvalue weighted by molar-refractivity contribution is 0.445. The molecular weight excluding hydrogens is 222 g/mol. The lowest BCUT2D eigenvalue weighted by Gasteiger charge is -2.21. The summed E-state index contributed by atoms with van der Waals surface area (Å²) in [5.74, 6) is 0.631. The molecule has 1 aliphatic carbocycles. The molecule has 1 N–H and O–H groups in total. The predicted molar refractivity (Wildman–Crippen MR) is 64.7 cm³/mol. The standard InChI is InChI=1S/C12H14ClN3/c13-11-10-9(8-4-2-1-3-5-8)6-14-12(10)16-7-15-11/h6-8H,1-5H2,(H,14,15,16). The summed E-state index contributed by atoms with van der Waals surface area (Å²) in [6.45, 7) is 0. The molecule has 4 heteroatoms. The molecule has 0 aliphatic heterocycles. The number of aromatic nitrogens is 3. The van der Waals surface area contributed by atoms with Gasteiger partial charge in [-0.05, 0) is 24.3 Å². The maximum atomic E-state index is 6.15. The molecule has 1 saturated carbocycles. The van der Waals surface area contributed by atoms with Crippen LogP contribution in [0.25, 0.3) is 11.0 Å². The molecule has 0 aromatic carbocycles. The van der Waals surface area contributed by atoms with Crippen LogP contribution in [0.1, 0.15) is 43.6 Å². The van der Waals surface area contributed by atoms with Crippen molar-refractivity contribution in [2.75, 3.05) is 0 Å². The van der Waals surface area contributed by atoms with Gasteiger partial charge in [-0.2, -0.15) is 0 Å². The van der Waals surface area contributed by atoms with E-state index in [0.29, 0.717) is 11.1 Å². The Balaban J connectivity index is 2.09. The average molecular weight is 236 g/mol. The second-order valence-electron chi connectivity index (χ2n) is 4.47. The third-order valence-corrected chi connectivity index (χ3v) is 3.79. The van der Waals surface area contributed by atoms with Crippen LogP contribution in [-0.4, -0.2) is 15.0 Å². The molecule has 2 aromatic heterocycles. The molecule has 0 bridgehead atoms. The average Bonchev–Trinajstić information content (AvgIpc) is 2.75. The van der Waals surface area contributed by atoms with Crippen molar-refractivity contribution in [1.29, 1.82) is 0 Å². The number of nitrogens with one attached hydrogen (secondary N) is 1. The summed E-state index contributed by atoms with van der Waals surface area (Å²) in [5, 5.41) is 1.60. The van der Waals surface area contributed by atoms with Gasteiger partial charge in [0.1, 0.15) is 17.1 Å². The Bertz CT molecular complexity index is 500. The molecule has 1 fully saturated rings. The number of hydrogen-bond donors (Lipinski definition) is 1. The predicted octanol–water partition coefficient (Wildman–Crippen LogP) is 3.66. The van der Waals surface area contributed by atoms with Gasteiger partial charge in [0.05, 0.1) is 5.39 Å². The van der Waals surface area contributed by atoms with E-state index in [1.54, 1.807) is 0 Å². The highest BCUT2D eigenvalue weighted by molar-refractivity contribution is 6.34. The molecule has 3 rings (SSSR count). The quantitative estimate of drug-likeness (QED) is 0.767. The van der Waals surface area contributed by atoms with Crippen LogP contribution in [0.3, 0.4) is 0 Å². The highest BCUT2D eigenvalue weighted by Crippen LogP contribution is 2.37. The van der Waals surface area contributed by atoms with E-state index >= 15 is 0 Å².